The van der Waals surface area contributed by atoms with Crippen molar-refractivity contribution in [2.24, 2.45) is 5.73 Å². The number of carbonyl (C=O) groups is 2. The van der Waals surface area contributed by atoms with Gasteiger partial charge in [-0.25, -0.2) is 0 Å². The maximum atomic E-state index is 11.8. The minimum atomic E-state index is -0.716. The van der Waals surface area contributed by atoms with Gasteiger partial charge in [0.1, 0.15) is 6.04 Å². The van der Waals surface area contributed by atoms with Crippen LogP contribution in [-0.2, 0) is 14.3 Å². The second kappa shape index (κ2) is 8.03. The topological polar surface area (TPSA) is 84.7 Å². The Kier molecular flexibility index (Phi) is 7.49. The summed E-state index contributed by atoms with van der Waals surface area (Å²) in [7, 11) is 1.48. The number of methoxy groups -OCH3 is 1. The number of nitrogens with zero attached hydrogens (tertiary/aromatic N) is 1. The number of amides is 2. The lowest BCUT2D eigenvalue weighted by Gasteiger charge is -2.24. The summed E-state index contributed by atoms with van der Waals surface area (Å²) >= 11 is 0. The van der Waals surface area contributed by atoms with E-state index in [0.717, 1.165) is 0 Å². The highest BCUT2D eigenvalue weighted by Crippen LogP contribution is 1.95. The first kappa shape index (κ1) is 15.9. The summed E-state index contributed by atoms with van der Waals surface area (Å²) in [5.41, 5.74) is 5.63. The fraction of sp³-hybridized carbons (Fsp3) is 0.818. The zero-order valence-corrected chi connectivity index (χ0v) is 11.0. The van der Waals surface area contributed by atoms with Gasteiger partial charge in [-0.3, -0.25) is 9.59 Å². The van der Waals surface area contributed by atoms with E-state index in [2.05, 4.69) is 5.32 Å². The van der Waals surface area contributed by atoms with Crippen LogP contribution in [0.5, 0.6) is 0 Å². The number of hydrogen-bond acceptors (Lipinski definition) is 4. The molecule has 17 heavy (non-hydrogen) atoms. The summed E-state index contributed by atoms with van der Waals surface area (Å²) in [4.78, 5) is 24.8. The lowest BCUT2D eigenvalue weighted by Crippen LogP contribution is -2.50. The zero-order valence-electron chi connectivity index (χ0n) is 11.0. The molecule has 0 aliphatic carbocycles. The first-order valence-electron chi connectivity index (χ1n) is 5.75. The van der Waals surface area contributed by atoms with Gasteiger partial charge in [0, 0.05) is 19.7 Å². The van der Waals surface area contributed by atoms with Crippen LogP contribution >= 0.6 is 0 Å². The molecule has 1 atom stereocenters. The SMILES string of the molecule is CCN(CC(=O)NC(C)C)C(=O)C(N)COC. The van der Waals surface area contributed by atoms with E-state index in [1.165, 1.54) is 12.0 Å². The van der Waals surface area contributed by atoms with Crippen molar-refractivity contribution in [1.29, 1.82) is 0 Å². The Bertz CT molecular complexity index is 256. The van der Waals surface area contributed by atoms with Crippen LogP contribution in [0, 0.1) is 0 Å². The molecule has 3 N–H and O–H groups in total. The van der Waals surface area contributed by atoms with Crippen molar-refractivity contribution in [3.05, 3.63) is 0 Å². The van der Waals surface area contributed by atoms with Gasteiger partial charge in [-0.05, 0) is 20.8 Å². The lowest BCUT2D eigenvalue weighted by atomic mass is 10.2. The van der Waals surface area contributed by atoms with Gasteiger partial charge < -0.3 is 20.7 Å². The molecule has 0 aliphatic rings. The van der Waals surface area contributed by atoms with Crippen LogP contribution < -0.4 is 11.1 Å². The van der Waals surface area contributed by atoms with Gasteiger partial charge in [0.2, 0.25) is 11.8 Å². The van der Waals surface area contributed by atoms with E-state index in [4.69, 9.17) is 10.5 Å². The molecule has 6 nitrogen and oxygen atoms in total. The Morgan fingerprint density at radius 3 is 2.41 bits per heavy atom. The molecule has 0 heterocycles. The second-order valence-corrected chi connectivity index (χ2v) is 4.14. The van der Waals surface area contributed by atoms with E-state index in [0.29, 0.717) is 6.54 Å². The summed E-state index contributed by atoms with van der Waals surface area (Å²) < 4.78 is 4.82. The van der Waals surface area contributed by atoms with Gasteiger partial charge in [-0.1, -0.05) is 0 Å². The molecule has 0 spiro atoms. The van der Waals surface area contributed by atoms with Gasteiger partial charge in [0.15, 0.2) is 0 Å². The highest BCUT2D eigenvalue weighted by molar-refractivity contribution is 5.87. The molecule has 0 aliphatic heterocycles. The highest BCUT2D eigenvalue weighted by atomic mass is 16.5. The van der Waals surface area contributed by atoms with Gasteiger partial charge in [0.25, 0.3) is 0 Å². The van der Waals surface area contributed by atoms with E-state index >= 15 is 0 Å². The maximum absolute atomic E-state index is 11.8. The van der Waals surface area contributed by atoms with Crippen LogP contribution in [0.15, 0.2) is 0 Å². The molecule has 0 aromatic carbocycles. The van der Waals surface area contributed by atoms with Crippen LogP contribution in [-0.4, -0.2) is 55.6 Å². The second-order valence-electron chi connectivity index (χ2n) is 4.14. The van der Waals surface area contributed by atoms with E-state index in [9.17, 15) is 9.59 Å². The molecular weight excluding hydrogens is 222 g/mol. The molecule has 0 aromatic rings. The Labute approximate surface area is 102 Å². The van der Waals surface area contributed by atoms with Crippen LogP contribution in [0.2, 0.25) is 0 Å². The molecule has 0 fully saturated rings. The summed E-state index contributed by atoms with van der Waals surface area (Å²) in [6, 6.07) is -0.657. The smallest absolute Gasteiger partial charge is 0.242 e. The normalized spacial score (nSPS) is 12.4. The van der Waals surface area contributed by atoms with Crippen LogP contribution in [0.1, 0.15) is 20.8 Å². The van der Waals surface area contributed by atoms with Crippen molar-refractivity contribution in [1.82, 2.24) is 10.2 Å². The number of nitrogens with two attached hydrogens (primary N) is 1. The summed E-state index contributed by atoms with van der Waals surface area (Å²) in [6.07, 6.45) is 0. The van der Waals surface area contributed by atoms with Crippen molar-refractivity contribution in [3.8, 4) is 0 Å². The molecule has 6 heteroatoms. The number of hydrogen-bond donors (Lipinski definition) is 2. The predicted octanol–water partition coefficient (Wildman–Crippen LogP) is -0.667. The van der Waals surface area contributed by atoms with Crippen molar-refractivity contribution in [3.63, 3.8) is 0 Å². The average molecular weight is 245 g/mol. The average Bonchev–Trinajstić information content (AvgIpc) is 2.24. The fourth-order valence-electron chi connectivity index (χ4n) is 1.37. The van der Waals surface area contributed by atoms with Crippen molar-refractivity contribution < 1.29 is 14.3 Å². The predicted molar refractivity (Wildman–Crippen MR) is 65.4 cm³/mol. The first-order chi connectivity index (χ1) is 7.92. The Morgan fingerprint density at radius 2 is 2.00 bits per heavy atom. The van der Waals surface area contributed by atoms with Gasteiger partial charge in [0.05, 0.1) is 13.2 Å². The molecule has 100 valence electrons. The van der Waals surface area contributed by atoms with Crippen LogP contribution in [0.3, 0.4) is 0 Å². The van der Waals surface area contributed by atoms with Crippen molar-refractivity contribution in [2.45, 2.75) is 32.9 Å². The van der Waals surface area contributed by atoms with E-state index in [1.807, 2.05) is 13.8 Å². The molecule has 0 rings (SSSR count). The molecule has 0 radical (unpaired) electrons. The largest absolute Gasteiger partial charge is 0.383 e. The number of nitrogens with one attached hydrogen (secondary N) is 1. The molecule has 2 amide bonds. The van der Waals surface area contributed by atoms with E-state index in [-0.39, 0.29) is 31.0 Å². The maximum Gasteiger partial charge on any atom is 0.242 e. The van der Waals surface area contributed by atoms with E-state index < -0.39 is 6.04 Å². The third-order valence-corrected chi connectivity index (χ3v) is 2.14. The zero-order chi connectivity index (χ0) is 13.4. The summed E-state index contributed by atoms with van der Waals surface area (Å²) in [5, 5.41) is 2.73. The van der Waals surface area contributed by atoms with Crippen molar-refractivity contribution >= 4 is 11.8 Å². The highest BCUT2D eigenvalue weighted by Gasteiger charge is 2.21. The summed E-state index contributed by atoms with van der Waals surface area (Å²) in [6.45, 7) is 6.17. The van der Waals surface area contributed by atoms with Crippen LogP contribution in [0.25, 0.3) is 0 Å². The molecule has 0 aromatic heterocycles. The summed E-state index contributed by atoms with van der Waals surface area (Å²) in [5.74, 6) is -0.451. The fourth-order valence-corrected chi connectivity index (χ4v) is 1.37. The van der Waals surface area contributed by atoms with E-state index in [1.54, 1.807) is 6.92 Å². The first-order valence-corrected chi connectivity index (χ1v) is 5.75. The standard InChI is InChI=1S/C11H23N3O3/c1-5-14(6-10(15)13-8(2)3)11(16)9(12)7-17-4/h8-9H,5-7,12H2,1-4H3,(H,13,15). The van der Waals surface area contributed by atoms with Crippen molar-refractivity contribution in [2.75, 3.05) is 26.8 Å². The van der Waals surface area contributed by atoms with Gasteiger partial charge in [-0.15, -0.1) is 0 Å². The number of likely N-dealkylation sites (N-methyl/N-ethyl adjacent to an activating group) is 1. The molecule has 0 saturated carbocycles. The third-order valence-electron chi connectivity index (χ3n) is 2.14. The molecule has 0 saturated heterocycles. The third kappa shape index (κ3) is 6.23. The number of ether oxygens (including phenoxy) is 1. The Hall–Kier alpha value is -1.14. The Morgan fingerprint density at radius 1 is 1.41 bits per heavy atom. The number of carbonyl (C=O) groups excluding carboxylic acids is 2. The molecule has 0 bridgehead atoms. The lowest BCUT2D eigenvalue weighted by molar-refractivity contribution is -0.138. The van der Waals surface area contributed by atoms with Crippen LogP contribution in [0.4, 0.5) is 0 Å². The monoisotopic (exact) mass is 245 g/mol. The molecule has 1 unspecified atom stereocenters. The van der Waals surface area contributed by atoms with Gasteiger partial charge >= 0.3 is 0 Å². The number of rotatable bonds is 7. The minimum absolute atomic E-state index is 0.0327. The molecular formula is C11H23N3O3. The van der Waals surface area contributed by atoms with Gasteiger partial charge in [-0.2, -0.15) is 0 Å². The quantitative estimate of drug-likeness (QED) is 0.623. The minimum Gasteiger partial charge on any atom is -0.383 e. The Balaban J connectivity index is 4.32.